The Kier molecular flexibility index (Phi) is 5.09. The molecule has 4 rings (SSSR count). The molecule has 142 valence electrons. The first-order valence-electron chi connectivity index (χ1n) is 10.6. The van der Waals surface area contributed by atoms with Crippen LogP contribution in [-0.4, -0.2) is 36.1 Å². The van der Waals surface area contributed by atoms with Crippen molar-refractivity contribution in [1.82, 2.24) is 4.90 Å². The average molecular weight is 356 g/mol. The third kappa shape index (κ3) is 3.19. The maximum atomic E-state index is 13.5. The number of esters is 1. The van der Waals surface area contributed by atoms with Gasteiger partial charge in [0.05, 0.1) is 5.41 Å². The maximum absolute atomic E-state index is 13.5. The van der Waals surface area contributed by atoms with E-state index in [0.29, 0.717) is 18.0 Å². The molecular weight excluding hydrogens is 322 g/mol. The van der Waals surface area contributed by atoms with Crippen LogP contribution in [-0.2, 0) is 14.9 Å². The molecule has 2 heterocycles. The molecule has 0 amide bonds. The van der Waals surface area contributed by atoms with Crippen molar-refractivity contribution in [2.24, 2.45) is 5.92 Å². The quantitative estimate of drug-likeness (QED) is 0.734. The van der Waals surface area contributed by atoms with Gasteiger partial charge in [0.2, 0.25) is 0 Å². The van der Waals surface area contributed by atoms with E-state index in [0.717, 1.165) is 31.2 Å². The molecule has 2 bridgehead atoms. The molecule has 3 heteroatoms. The normalized spacial score (nSPS) is 32.2. The maximum Gasteiger partial charge on any atom is 0.316 e. The summed E-state index contributed by atoms with van der Waals surface area (Å²) in [5, 5.41) is 0. The van der Waals surface area contributed by atoms with Crippen molar-refractivity contribution in [3.63, 3.8) is 0 Å². The number of carbonyl (C=O) groups excluding carboxylic acids is 1. The van der Waals surface area contributed by atoms with Crippen LogP contribution in [0, 0.1) is 5.92 Å². The lowest BCUT2D eigenvalue weighted by molar-refractivity contribution is -0.162. The lowest BCUT2D eigenvalue weighted by Crippen LogP contribution is -2.48. The second-order valence-electron chi connectivity index (χ2n) is 8.95. The largest absolute Gasteiger partial charge is 0.462 e. The summed E-state index contributed by atoms with van der Waals surface area (Å²) in [5.74, 6) is 0.415. The fourth-order valence-corrected chi connectivity index (χ4v) is 5.72. The van der Waals surface area contributed by atoms with Crippen LogP contribution in [0.2, 0.25) is 0 Å². The third-order valence-electron chi connectivity index (χ3n) is 7.55. The van der Waals surface area contributed by atoms with Crippen molar-refractivity contribution in [3.8, 4) is 0 Å². The molecule has 4 atom stereocenters. The molecule has 1 aliphatic carbocycles. The molecule has 0 spiro atoms. The van der Waals surface area contributed by atoms with Crippen LogP contribution in [0.1, 0.15) is 70.3 Å². The summed E-state index contributed by atoms with van der Waals surface area (Å²) in [7, 11) is 2.23. The molecule has 2 aliphatic heterocycles. The number of benzene rings is 1. The van der Waals surface area contributed by atoms with Gasteiger partial charge in [0.25, 0.3) is 0 Å². The number of fused-ring (bicyclic) bond motifs is 2. The molecule has 26 heavy (non-hydrogen) atoms. The molecule has 0 radical (unpaired) electrons. The second-order valence-corrected chi connectivity index (χ2v) is 8.95. The lowest BCUT2D eigenvalue weighted by atomic mass is 9.66. The second kappa shape index (κ2) is 7.34. The predicted molar refractivity (Wildman–Crippen MR) is 104 cm³/mol. The van der Waals surface area contributed by atoms with Crippen LogP contribution >= 0.6 is 0 Å². The summed E-state index contributed by atoms with van der Waals surface area (Å²) < 4.78 is 6.23. The molecule has 2 unspecified atom stereocenters. The van der Waals surface area contributed by atoms with Crippen molar-refractivity contribution < 1.29 is 9.53 Å². The first-order valence-corrected chi connectivity index (χ1v) is 10.6. The van der Waals surface area contributed by atoms with Gasteiger partial charge in [-0.2, -0.15) is 0 Å². The highest BCUT2D eigenvalue weighted by atomic mass is 16.5. The lowest BCUT2D eigenvalue weighted by Gasteiger charge is -2.41. The Hall–Kier alpha value is -1.35. The fraction of sp³-hybridized carbons (Fsp3) is 0.696. The molecule has 3 nitrogen and oxygen atoms in total. The summed E-state index contributed by atoms with van der Waals surface area (Å²) in [6, 6.07) is 11.6. The Labute approximate surface area is 158 Å². The van der Waals surface area contributed by atoms with Crippen molar-refractivity contribution in [2.75, 3.05) is 7.05 Å². The van der Waals surface area contributed by atoms with Crippen molar-refractivity contribution >= 4 is 5.97 Å². The third-order valence-corrected chi connectivity index (χ3v) is 7.55. The summed E-state index contributed by atoms with van der Waals surface area (Å²) in [6.45, 7) is 2.14. The summed E-state index contributed by atoms with van der Waals surface area (Å²) in [5.41, 5.74) is 0.622. The molecule has 0 aromatic heterocycles. The minimum Gasteiger partial charge on any atom is -0.462 e. The summed E-state index contributed by atoms with van der Waals surface area (Å²) >= 11 is 0. The zero-order valence-electron chi connectivity index (χ0n) is 16.3. The smallest absolute Gasteiger partial charge is 0.316 e. The van der Waals surface area contributed by atoms with Gasteiger partial charge in [-0.3, -0.25) is 4.79 Å². The monoisotopic (exact) mass is 355 g/mol. The van der Waals surface area contributed by atoms with E-state index in [1.165, 1.54) is 32.1 Å². The van der Waals surface area contributed by atoms with E-state index in [1.54, 1.807) is 0 Å². The molecular formula is C23H33NO2. The number of carbonyl (C=O) groups is 1. The Morgan fingerprint density at radius 3 is 2.23 bits per heavy atom. The van der Waals surface area contributed by atoms with E-state index >= 15 is 0 Å². The zero-order chi connectivity index (χ0) is 18.1. The SMILES string of the molecule is CN1[C@@H]2CC[C@H]1CC(OC(=O)C(C)(c1ccccc1)C1CCCCC1)C2. The van der Waals surface area contributed by atoms with E-state index in [2.05, 4.69) is 43.1 Å². The Balaban J connectivity index is 1.55. The minimum absolute atomic E-state index is 0.0181. The standard InChI is InChI=1S/C23H33NO2/c1-23(17-9-5-3-6-10-17,18-11-7-4-8-12-18)22(25)26-21-15-19-13-14-20(16-21)24(19)2/h3,5-6,9-10,18-21H,4,7-8,11-16H2,1-2H3/t19-,20+,21?,23?. The Morgan fingerprint density at radius 1 is 1.00 bits per heavy atom. The van der Waals surface area contributed by atoms with E-state index in [-0.39, 0.29) is 12.1 Å². The molecule has 1 saturated carbocycles. The molecule has 0 N–H and O–H groups in total. The van der Waals surface area contributed by atoms with E-state index in [9.17, 15) is 4.79 Å². The number of hydrogen-bond acceptors (Lipinski definition) is 3. The zero-order valence-corrected chi connectivity index (χ0v) is 16.3. The van der Waals surface area contributed by atoms with Gasteiger partial charge in [-0.1, -0.05) is 49.6 Å². The topological polar surface area (TPSA) is 29.5 Å². The van der Waals surface area contributed by atoms with Gasteiger partial charge in [-0.25, -0.2) is 0 Å². The first-order chi connectivity index (χ1) is 12.6. The van der Waals surface area contributed by atoms with E-state index in [1.807, 2.05) is 6.07 Å². The molecule has 3 aliphatic rings. The molecule has 1 aromatic carbocycles. The van der Waals surface area contributed by atoms with Gasteiger partial charge in [0.1, 0.15) is 6.10 Å². The number of rotatable bonds is 4. The number of hydrogen-bond donors (Lipinski definition) is 0. The fourth-order valence-electron chi connectivity index (χ4n) is 5.72. The Morgan fingerprint density at radius 2 is 1.62 bits per heavy atom. The van der Waals surface area contributed by atoms with Crippen LogP contribution in [0.5, 0.6) is 0 Å². The van der Waals surface area contributed by atoms with Gasteiger partial charge in [-0.05, 0) is 64.0 Å². The van der Waals surface area contributed by atoms with Crippen molar-refractivity contribution in [1.29, 1.82) is 0 Å². The van der Waals surface area contributed by atoms with Crippen molar-refractivity contribution in [3.05, 3.63) is 35.9 Å². The van der Waals surface area contributed by atoms with Gasteiger partial charge in [0.15, 0.2) is 0 Å². The molecule has 1 aromatic rings. The number of piperidine rings is 1. The first kappa shape index (κ1) is 18.0. The highest BCUT2D eigenvalue weighted by molar-refractivity contribution is 5.83. The number of nitrogens with zero attached hydrogens (tertiary/aromatic N) is 1. The average Bonchev–Trinajstić information content (AvgIpc) is 2.89. The van der Waals surface area contributed by atoms with E-state index in [4.69, 9.17) is 4.74 Å². The predicted octanol–water partition coefficient (Wildman–Crippen LogP) is 4.69. The summed E-state index contributed by atoms with van der Waals surface area (Å²) in [4.78, 5) is 16.0. The van der Waals surface area contributed by atoms with Crippen LogP contribution < -0.4 is 0 Å². The van der Waals surface area contributed by atoms with E-state index < -0.39 is 5.41 Å². The Bertz CT molecular complexity index is 610. The van der Waals surface area contributed by atoms with Crippen LogP contribution in [0.3, 0.4) is 0 Å². The highest BCUT2D eigenvalue weighted by Gasteiger charge is 2.47. The summed E-state index contributed by atoms with van der Waals surface area (Å²) in [6.07, 6.45) is 10.7. The number of ether oxygens (including phenoxy) is 1. The molecule has 3 fully saturated rings. The van der Waals surface area contributed by atoms with Gasteiger partial charge in [0, 0.05) is 12.1 Å². The highest BCUT2D eigenvalue weighted by Crippen LogP contribution is 2.43. The van der Waals surface area contributed by atoms with Crippen LogP contribution in [0.15, 0.2) is 30.3 Å². The van der Waals surface area contributed by atoms with Gasteiger partial charge in [-0.15, -0.1) is 0 Å². The van der Waals surface area contributed by atoms with Crippen LogP contribution in [0.4, 0.5) is 0 Å². The minimum atomic E-state index is -0.510. The van der Waals surface area contributed by atoms with Gasteiger partial charge < -0.3 is 9.64 Å². The van der Waals surface area contributed by atoms with Crippen LogP contribution in [0.25, 0.3) is 0 Å². The van der Waals surface area contributed by atoms with Gasteiger partial charge >= 0.3 is 5.97 Å². The molecule has 2 saturated heterocycles. The van der Waals surface area contributed by atoms with Crippen molar-refractivity contribution in [2.45, 2.75) is 88.3 Å².